The van der Waals surface area contributed by atoms with E-state index in [2.05, 4.69) is 16.0 Å². The molecule has 3 N–H and O–H groups in total. The van der Waals surface area contributed by atoms with Crippen LogP contribution < -0.4 is 16.0 Å². The van der Waals surface area contributed by atoms with Gasteiger partial charge in [-0.25, -0.2) is 4.79 Å². The monoisotopic (exact) mass is 199 g/mol. The normalized spacial score (nSPS) is 20.1. The number of hydrogen-bond acceptors (Lipinski definition) is 3. The number of imide groups is 1. The average molecular weight is 199 g/mol. The maximum atomic E-state index is 10.2. The van der Waals surface area contributed by atoms with E-state index in [1.54, 1.807) is 0 Å². The van der Waals surface area contributed by atoms with Crippen molar-refractivity contribution in [3.63, 3.8) is 0 Å². The van der Waals surface area contributed by atoms with Crippen LogP contribution in [0.4, 0.5) is 4.79 Å². The van der Waals surface area contributed by atoms with Gasteiger partial charge in [0.05, 0.1) is 0 Å². The van der Waals surface area contributed by atoms with Gasteiger partial charge in [-0.05, 0) is 6.42 Å². The van der Waals surface area contributed by atoms with Gasteiger partial charge in [0.15, 0.2) is 0 Å². The van der Waals surface area contributed by atoms with Crippen LogP contribution in [0.5, 0.6) is 0 Å². The van der Waals surface area contributed by atoms with Crippen molar-refractivity contribution in [3.8, 4) is 0 Å². The smallest absolute Gasteiger partial charge is 0.314 e. The van der Waals surface area contributed by atoms with Crippen molar-refractivity contribution >= 4 is 17.8 Å². The quantitative estimate of drug-likeness (QED) is 0.442. The van der Waals surface area contributed by atoms with Gasteiger partial charge in [-0.2, -0.15) is 0 Å². The number of urea groups is 1. The second kappa shape index (κ2) is 5.21. The van der Waals surface area contributed by atoms with Gasteiger partial charge in [-0.3, -0.25) is 14.9 Å². The summed E-state index contributed by atoms with van der Waals surface area (Å²) in [5, 5.41) is 7.40. The molecule has 6 nitrogen and oxygen atoms in total. The van der Waals surface area contributed by atoms with Crippen molar-refractivity contribution < 1.29 is 14.4 Å². The first kappa shape index (κ1) is 10.5. The van der Waals surface area contributed by atoms with Gasteiger partial charge in [0.2, 0.25) is 11.8 Å². The Labute approximate surface area is 81.4 Å². The van der Waals surface area contributed by atoms with Crippen LogP contribution in [0.1, 0.15) is 19.3 Å². The number of amides is 4. The molecule has 78 valence electrons. The molecule has 6 heteroatoms. The van der Waals surface area contributed by atoms with Crippen LogP contribution in [0.2, 0.25) is 0 Å². The fourth-order valence-corrected chi connectivity index (χ4v) is 1.06. The number of hydrogen-bond donors (Lipinski definition) is 3. The van der Waals surface area contributed by atoms with E-state index in [1.807, 2.05) is 0 Å². The predicted molar refractivity (Wildman–Crippen MR) is 48.4 cm³/mol. The summed E-state index contributed by atoms with van der Waals surface area (Å²) in [4.78, 5) is 30.5. The molecule has 14 heavy (non-hydrogen) atoms. The Bertz CT molecular complexity index is 230. The lowest BCUT2D eigenvalue weighted by atomic mass is 10.4. The van der Waals surface area contributed by atoms with Gasteiger partial charge >= 0.3 is 6.03 Å². The molecular formula is C8H13N3O3. The summed E-state index contributed by atoms with van der Waals surface area (Å²) in [5.41, 5.74) is 0. The summed E-state index contributed by atoms with van der Waals surface area (Å²) < 4.78 is 0. The summed E-state index contributed by atoms with van der Waals surface area (Å²) in [5.74, 6) is -0.296. The first-order chi connectivity index (χ1) is 6.68. The molecule has 0 aromatic rings. The molecule has 0 aliphatic carbocycles. The zero-order chi connectivity index (χ0) is 10.4. The molecule has 2 heterocycles. The van der Waals surface area contributed by atoms with Gasteiger partial charge in [-0.1, -0.05) is 0 Å². The summed E-state index contributed by atoms with van der Waals surface area (Å²) >= 11 is 0. The van der Waals surface area contributed by atoms with E-state index < -0.39 is 0 Å². The minimum Gasteiger partial charge on any atom is -0.338 e. The molecule has 0 atom stereocenters. The highest BCUT2D eigenvalue weighted by Crippen LogP contribution is 1.95. The standard InChI is InChI=1S/C4H8N2O.C4H5NO2/c7-4-5-2-1-3-6-4;6-3-1-2-4(7)5-3/h1-3H2,(H2,5,6,7);1-2H2,(H,5,6,7). The van der Waals surface area contributed by atoms with Crippen molar-refractivity contribution in [2.45, 2.75) is 19.3 Å². The molecule has 0 radical (unpaired) electrons. The van der Waals surface area contributed by atoms with Crippen molar-refractivity contribution in [2.75, 3.05) is 13.1 Å². The Morgan fingerprint density at radius 3 is 1.57 bits per heavy atom. The molecule has 0 unspecified atom stereocenters. The van der Waals surface area contributed by atoms with Crippen LogP contribution in [-0.2, 0) is 9.59 Å². The highest BCUT2D eigenvalue weighted by Gasteiger charge is 2.15. The van der Waals surface area contributed by atoms with Crippen LogP contribution in [0.25, 0.3) is 0 Å². The highest BCUT2D eigenvalue weighted by atomic mass is 16.2. The minimum absolute atomic E-state index is 0.0359. The van der Waals surface area contributed by atoms with Crippen LogP contribution in [0, 0.1) is 0 Å². The van der Waals surface area contributed by atoms with Gasteiger partial charge in [-0.15, -0.1) is 0 Å². The summed E-state index contributed by atoms with van der Waals surface area (Å²) in [6.07, 6.45) is 1.80. The fourth-order valence-electron chi connectivity index (χ4n) is 1.06. The summed E-state index contributed by atoms with van der Waals surface area (Å²) in [7, 11) is 0. The SMILES string of the molecule is O=C1CCC(=O)N1.O=C1NCCCN1. The van der Waals surface area contributed by atoms with Gasteiger partial charge in [0, 0.05) is 25.9 Å². The Hall–Kier alpha value is -1.59. The zero-order valence-corrected chi connectivity index (χ0v) is 7.76. The summed E-state index contributed by atoms with van der Waals surface area (Å²) in [6, 6.07) is -0.0359. The van der Waals surface area contributed by atoms with E-state index in [0.29, 0.717) is 12.8 Å². The molecule has 0 aromatic heterocycles. The van der Waals surface area contributed by atoms with Crippen molar-refractivity contribution in [1.29, 1.82) is 0 Å². The molecule has 2 aliphatic heterocycles. The first-order valence-electron chi connectivity index (χ1n) is 4.53. The van der Waals surface area contributed by atoms with E-state index in [1.165, 1.54) is 0 Å². The largest absolute Gasteiger partial charge is 0.338 e. The second-order valence-corrected chi connectivity index (χ2v) is 3.01. The lowest BCUT2D eigenvalue weighted by Crippen LogP contribution is -2.42. The lowest BCUT2D eigenvalue weighted by Gasteiger charge is -2.11. The Morgan fingerprint density at radius 1 is 0.857 bits per heavy atom. The second-order valence-electron chi connectivity index (χ2n) is 3.01. The summed E-state index contributed by atoms with van der Waals surface area (Å²) in [6.45, 7) is 1.65. The molecule has 2 saturated heterocycles. The average Bonchev–Trinajstić information content (AvgIpc) is 2.52. The maximum Gasteiger partial charge on any atom is 0.314 e. The number of rotatable bonds is 0. The van der Waals surface area contributed by atoms with E-state index in [-0.39, 0.29) is 17.8 Å². The minimum atomic E-state index is -0.148. The fraction of sp³-hybridized carbons (Fsp3) is 0.625. The third-order valence-corrected chi connectivity index (χ3v) is 1.78. The van der Waals surface area contributed by atoms with E-state index in [9.17, 15) is 14.4 Å². The molecule has 0 bridgehead atoms. The van der Waals surface area contributed by atoms with Crippen LogP contribution in [0.15, 0.2) is 0 Å². The Balaban J connectivity index is 0.000000140. The topological polar surface area (TPSA) is 87.3 Å². The van der Waals surface area contributed by atoms with E-state index >= 15 is 0 Å². The molecule has 2 rings (SSSR count). The lowest BCUT2D eigenvalue weighted by molar-refractivity contribution is -0.124. The molecule has 2 aliphatic rings. The van der Waals surface area contributed by atoms with Crippen LogP contribution in [-0.4, -0.2) is 30.9 Å². The maximum absolute atomic E-state index is 10.2. The number of carbonyl (C=O) groups is 3. The van der Waals surface area contributed by atoms with Gasteiger partial charge < -0.3 is 10.6 Å². The van der Waals surface area contributed by atoms with Crippen molar-refractivity contribution in [3.05, 3.63) is 0 Å². The van der Waals surface area contributed by atoms with E-state index in [0.717, 1.165) is 19.5 Å². The molecule has 0 saturated carbocycles. The zero-order valence-electron chi connectivity index (χ0n) is 7.76. The van der Waals surface area contributed by atoms with Crippen LogP contribution in [0.3, 0.4) is 0 Å². The van der Waals surface area contributed by atoms with Crippen molar-refractivity contribution in [2.24, 2.45) is 0 Å². The number of nitrogens with one attached hydrogen (secondary N) is 3. The molecule has 2 fully saturated rings. The molecule has 0 spiro atoms. The van der Waals surface area contributed by atoms with Crippen LogP contribution >= 0.6 is 0 Å². The number of carbonyl (C=O) groups excluding carboxylic acids is 3. The van der Waals surface area contributed by atoms with Crippen molar-refractivity contribution in [1.82, 2.24) is 16.0 Å². The Morgan fingerprint density at radius 2 is 1.36 bits per heavy atom. The van der Waals surface area contributed by atoms with Gasteiger partial charge in [0.1, 0.15) is 0 Å². The third kappa shape index (κ3) is 3.88. The molecule has 4 amide bonds. The highest BCUT2D eigenvalue weighted by molar-refractivity contribution is 6.01. The van der Waals surface area contributed by atoms with E-state index in [4.69, 9.17) is 0 Å². The molecular weight excluding hydrogens is 186 g/mol. The third-order valence-electron chi connectivity index (χ3n) is 1.78. The Kier molecular flexibility index (Phi) is 3.90. The van der Waals surface area contributed by atoms with Gasteiger partial charge in [0.25, 0.3) is 0 Å². The first-order valence-corrected chi connectivity index (χ1v) is 4.53. The predicted octanol–water partition coefficient (Wildman–Crippen LogP) is -0.888. The molecule has 0 aromatic carbocycles.